The van der Waals surface area contributed by atoms with Crippen LogP contribution in [-0.2, 0) is 19.2 Å². The van der Waals surface area contributed by atoms with E-state index < -0.39 is 53.6 Å². The Kier molecular flexibility index (Phi) is 13.1. The number of anilines is 2. The van der Waals surface area contributed by atoms with Gasteiger partial charge in [-0.25, -0.2) is 4.39 Å². The smallest absolute Gasteiger partial charge is 0.292 e. The summed E-state index contributed by atoms with van der Waals surface area (Å²) in [4.78, 5) is 71.7. The summed E-state index contributed by atoms with van der Waals surface area (Å²) in [6.45, 7) is 3.53. The Hall–Kier alpha value is -5.19. The van der Waals surface area contributed by atoms with Gasteiger partial charge in [0.15, 0.2) is 11.6 Å². The number of halogens is 3. The number of carbonyl (C=O) groups is 6. The van der Waals surface area contributed by atoms with Crippen LogP contribution < -0.4 is 15.4 Å². The van der Waals surface area contributed by atoms with E-state index >= 15 is 0 Å². The van der Waals surface area contributed by atoms with E-state index in [9.17, 15) is 33.2 Å². The first-order valence-corrected chi connectivity index (χ1v) is 14.7. The van der Waals surface area contributed by atoms with Crippen molar-refractivity contribution in [1.29, 1.82) is 0 Å². The molecule has 47 heavy (non-hydrogen) atoms. The predicted molar refractivity (Wildman–Crippen MR) is 177 cm³/mol. The number of ketones is 4. The lowest BCUT2D eigenvalue weighted by Crippen LogP contribution is -2.25. The zero-order valence-corrected chi connectivity index (χ0v) is 27.0. The topological polar surface area (TPSA) is 136 Å². The maximum absolute atomic E-state index is 12.8. The molecule has 0 aliphatic rings. The van der Waals surface area contributed by atoms with Crippen molar-refractivity contribution in [1.82, 2.24) is 0 Å². The van der Waals surface area contributed by atoms with Crippen molar-refractivity contribution in [3.63, 3.8) is 0 Å². The maximum Gasteiger partial charge on any atom is 0.292 e. The van der Waals surface area contributed by atoms with Gasteiger partial charge in [-0.05, 0) is 85.6 Å². The number of carbonyl (C=O) groups excluding carboxylic acids is 6. The van der Waals surface area contributed by atoms with Crippen LogP contribution in [0.2, 0.25) is 10.0 Å². The molecule has 2 N–H and O–H groups in total. The van der Waals surface area contributed by atoms with Crippen molar-refractivity contribution in [2.24, 2.45) is 0 Å². The van der Waals surface area contributed by atoms with Crippen molar-refractivity contribution >= 4 is 69.5 Å². The third kappa shape index (κ3) is 11.0. The molecular formula is C35H29Cl2FN2O7. The molecule has 0 aromatic heterocycles. The zero-order chi connectivity index (χ0) is 34.7. The van der Waals surface area contributed by atoms with Gasteiger partial charge >= 0.3 is 0 Å². The highest BCUT2D eigenvalue weighted by molar-refractivity contribution is 6.45. The molecule has 0 saturated carbocycles. The number of nitrogens with one attached hydrogen (secondary N) is 2. The van der Waals surface area contributed by atoms with Crippen LogP contribution in [0.5, 0.6) is 5.75 Å². The number of benzene rings is 4. The monoisotopic (exact) mass is 678 g/mol. The van der Waals surface area contributed by atoms with E-state index in [2.05, 4.69) is 10.6 Å². The van der Waals surface area contributed by atoms with E-state index in [4.69, 9.17) is 27.9 Å². The Bertz CT molecular complexity index is 1840. The molecule has 4 aromatic carbocycles. The highest BCUT2D eigenvalue weighted by Crippen LogP contribution is 2.22. The third-order valence-corrected chi connectivity index (χ3v) is 7.07. The number of ether oxygens (including phenoxy) is 1. The lowest BCUT2D eigenvalue weighted by Gasteiger charge is -2.08. The van der Waals surface area contributed by atoms with Crippen LogP contribution >= 0.6 is 23.2 Å². The minimum Gasteiger partial charge on any atom is -0.497 e. The maximum atomic E-state index is 12.8. The second-order valence-electron chi connectivity index (χ2n) is 10.1. The van der Waals surface area contributed by atoms with Gasteiger partial charge in [0.2, 0.25) is 11.6 Å². The molecule has 0 bridgehead atoms. The van der Waals surface area contributed by atoms with Gasteiger partial charge in [-0.1, -0.05) is 47.5 Å². The highest BCUT2D eigenvalue weighted by Gasteiger charge is 2.21. The van der Waals surface area contributed by atoms with E-state index in [-0.39, 0.29) is 5.56 Å². The average Bonchev–Trinajstić information content (AvgIpc) is 3.04. The van der Waals surface area contributed by atoms with Crippen LogP contribution in [0.3, 0.4) is 0 Å². The Morgan fingerprint density at radius 1 is 0.638 bits per heavy atom. The SMILES string of the molecule is COc1cccc(C(=O)CC(=O)C(=O)Nc2cc(Cl)ccc2C)c1.Cc1ccc(Cl)cc1NC(=O)C(=O)CC(=O)c1ccc(F)cc1. The molecule has 0 aliphatic heterocycles. The molecule has 9 nitrogen and oxygen atoms in total. The second kappa shape index (κ2) is 16.9. The Morgan fingerprint density at radius 2 is 1.11 bits per heavy atom. The van der Waals surface area contributed by atoms with Gasteiger partial charge in [-0.2, -0.15) is 0 Å². The lowest BCUT2D eigenvalue weighted by molar-refractivity contribution is -0.134. The molecule has 12 heteroatoms. The summed E-state index contributed by atoms with van der Waals surface area (Å²) in [6, 6.07) is 21.0. The number of aryl methyl sites for hydroxylation is 2. The number of amides is 2. The third-order valence-electron chi connectivity index (χ3n) is 6.60. The van der Waals surface area contributed by atoms with E-state index in [1.165, 1.54) is 31.4 Å². The van der Waals surface area contributed by atoms with Crippen LogP contribution in [0, 0.1) is 19.7 Å². The van der Waals surface area contributed by atoms with E-state index in [1.54, 1.807) is 62.4 Å². The molecule has 0 heterocycles. The van der Waals surface area contributed by atoms with Crippen LogP contribution in [-0.4, -0.2) is 42.1 Å². The summed E-state index contributed by atoms with van der Waals surface area (Å²) >= 11 is 11.7. The van der Waals surface area contributed by atoms with Gasteiger partial charge in [0, 0.05) is 32.5 Å². The van der Waals surface area contributed by atoms with E-state index in [1.807, 2.05) is 0 Å². The highest BCUT2D eigenvalue weighted by atomic mass is 35.5. The first kappa shape index (κ1) is 36.3. The minimum absolute atomic E-state index is 0.173. The lowest BCUT2D eigenvalue weighted by atomic mass is 10.1. The van der Waals surface area contributed by atoms with Crippen LogP contribution in [0.15, 0.2) is 84.9 Å². The minimum atomic E-state index is -0.897. The van der Waals surface area contributed by atoms with Crippen molar-refractivity contribution in [3.8, 4) is 5.75 Å². The van der Waals surface area contributed by atoms with Crippen molar-refractivity contribution in [2.45, 2.75) is 26.7 Å². The van der Waals surface area contributed by atoms with Gasteiger partial charge in [0.05, 0.1) is 20.0 Å². The number of hydrogen-bond acceptors (Lipinski definition) is 7. The summed E-state index contributed by atoms with van der Waals surface area (Å²) in [7, 11) is 1.48. The predicted octanol–water partition coefficient (Wildman–Crippen LogP) is 7.01. The Labute approximate surface area is 280 Å². The fourth-order valence-corrected chi connectivity index (χ4v) is 4.27. The standard InChI is InChI=1S/C18H16ClNO4.C17H13ClFNO3/c1-11-6-7-13(19)9-15(11)20-18(23)17(22)10-16(21)12-4-3-5-14(8-12)24-2;1-10-2-5-12(18)8-14(10)20-17(23)16(22)9-15(21)11-3-6-13(19)7-4-11/h3-9H,10H2,1-2H3,(H,20,23);2-8H,9H2,1H3,(H,20,23). The summed E-state index contributed by atoms with van der Waals surface area (Å²) in [5.41, 5.74) is 2.83. The van der Waals surface area contributed by atoms with Crippen molar-refractivity contribution < 1.29 is 37.9 Å². The number of methoxy groups -OCH3 is 1. The second-order valence-corrected chi connectivity index (χ2v) is 11.0. The van der Waals surface area contributed by atoms with Crippen LogP contribution in [0.1, 0.15) is 44.7 Å². The van der Waals surface area contributed by atoms with E-state index in [0.717, 1.165) is 23.3 Å². The quantitative estimate of drug-likeness (QED) is 0.0990. The molecule has 0 spiro atoms. The van der Waals surface area contributed by atoms with Gasteiger partial charge in [0.1, 0.15) is 11.6 Å². The zero-order valence-electron chi connectivity index (χ0n) is 25.5. The Morgan fingerprint density at radius 3 is 1.57 bits per heavy atom. The van der Waals surface area contributed by atoms with Crippen LogP contribution in [0.4, 0.5) is 15.8 Å². The summed E-state index contributed by atoms with van der Waals surface area (Å²) in [5, 5.41) is 5.77. The first-order chi connectivity index (χ1) is 22.3. The molecule has 0 atom stereocenters. The molecule has 0 unspecified atom stereocenters. The van der Waals surface area contributed by atoms with Crippen molar-refractivity contribution in [2.75, 3.05) is 17.7 Å². The van der Waals surface area contributed by atoms with Gasteiger partial charge in [-0.3, -0.25) is 28.8 Å². The normalized spacial score (nSPS) is 10.2. The summed E-state index contributed by atoms with van der Waals surface area (Å²) in [5.74, 6) is -4.41. The van der Waals surface area contributed by atoms with Crippen molar-refractivity contribution in [3.05, 3.63) is 123 Å². The molecule has 0 fully saturated rings. The Balaban J connectivity index is 0.000000256. The molecule has 0 radical (unpaired) electrons. The number of Topliss-reactive ketones (excluding diaryl/α,β-unsaturated/α-hetero) is 4. The van der Waals surface area contributed by atoms with Gasteiger partial charge in [0.25, 0.3) is 11.8 Å². The molecular weight excluding hydrogens is 650 g/mol. The summed E-state index contributed by atoms with van der Waals surface area (Å²) in [6.07, 6.45) is -1.10. The van der Waals surface area contributed by atoms with Gasteiger partial charge in [-0.15, -0.1) is 0 Å². The fourth-order valence-electron chi connectivity index (χ4n) is 3.93. The molecule has 4 aromatic rings. The molecule has 4 rings (SSSR count). The number of hydrogen-bond donors (Lipinski definition) is 2. The first-order valence-electron chi connectivity index (χ1n) is 13.9. The molecule has 0 aliphatic carbocycles. The molecule has 2 amide bonds. The molecule has 242 valence electrons. The average molecular weight is 680 g/mol. The van der Waals surface area contributed by atoms with Gasteiger partial charge < -0.3 is 15.4 Å². The fraction of sp³-hybridized carbons (Fsp3) is 0.143. The summed E-state index contributed by atoms with van der Waals surface area (Å²) < 4.78 is 17.8. The number of rotatable bonds is 11. The largest absolute Gasteiger partial charge is 0.497 e. The molecule has 0 saturated heterocycles. The van der Waals surface area contributed by atoms with E-state index in [0.29, 0.717) is 32.7 Å². The van der Waals surface area contributed by atoms with Crippen LogP contribution in [0.25, 0.3) is 0 Å².